The third-order valence-electron chi connectivity index (χ3n) is 2.90. The molecule has 0 amide bonds. The molecule has 0 aliphatic rings. The fourth-order valence-electron chi connectivity index (χ4n) is 1.25. The summed E-state index contributed by atoms with van der Waals surface area (Å²) >= 11 is 11.6. The van der Waals surface area contributed by atoms with Crippen molar-refractivity contribution in [1.29, 1.82) is 0 Å². The molecule has 0 radical (unpaired) electrons. The Morgan fingerprint density at radius 3 is 0.852 bits per heavy atom. The van der Waals surface area contributed by atoms with Crippen LogP contribution in [-0.4, -0.2) is 61.2 Å². The molecule has 18 heteroatoms. The second-order valence-corrected chi connectivity index (χ2v) is 6.19. The monoisotopic (exact) mass is 488 g/mol. The number of carbonyl (C=O) groups is 2. The second-order valence-electron chi connectivity index (χ2n) is 4.63. The van der Waals surface area contributed by atoms with Crippen LogP contribution in [0.3, 0.4) is 0 Å². The van der Waals surface area contributed by atoms with Crippen molar-refractivity contribution in [2.75, 3.05) is 0 Å². The zero-order chi connectivity index (χ0) is 22.7. The van der Waals surface area contributed by atoms with Gasteiger partial charge in [-0.2, -0.15) is 35.1 Å². The molecule has 2 N–H and O–H groups in total. The van der Waals surface area contributed by atoms with E-state index in [9.17, 15) is 57.9 Å². The number of rotatable bonds is 8. The lowest BCUT2D eigenvalue weighted by Gasteiger charge is -2.43. The summed E-state index contributed by atoms with van der Waals surface area (Å²) in [6.45, 7) is 0. The SMILES string of the molecule is O=C(O)C(F)(F)C(F)(Cl)C(F)(F)C(F)(Cl)C(F)(F)C(F)(Cl)C(F)(F)C(=O)O. The molecule has 160 valence electrons. The summed E-state index contributed by atoms with van der Waals surface area (Å²) in [6, 6.07) is 0. The Balaban J connectivity index is 6.70. The molecule has 4 nitrogen and oxygen atoms in total. The van der Waals surface area contributed by atoms with Crippen LogP contribution >= 0.6 is 34.8 Å². The van der Waals surface area contributed by atoms with Crippen molar-refractivity contribution in [1.82, 2.24) is 0 Å². The number of aliphatic carboxylic acids is 2. The van der Waals surface area contributed by atoms with Gasteiger partial charge < -0.3 is 10.2 Å². The van der Waals surface area contributed by atoms with E-state index >= 15 is 0 Å². The summed E-state index contributed by atoms with van der Waals surface area (Å²) < 4.78 is 147. The molecule has 0 saturated heterocycles. The lowest BCUT2D eigenvalue weighted by Crippen LogP contribution is -2.73. The molecule has 0 bridgehead atoms. The van der Waals surface area contributed by atoms with Crippen molar-refractivity contribution in [3.8, 4) is 0 Å². The summed E-state index contributed by atoms with van der Waals surface area (Å²) in [4.78, 5) is 20.2. The number of carboxylic acids is 2. The highest BCUT2D eigenvalue weighted by molar-refractivity contribution is 6.31. The Bertz CT molecular complexity index is 583. The summed E-state index contributed by atoms with van der Waals surface area (Å²) in [6.07, 6.45) is 0. The van der Waals surface area contributed by atoms with Crippen LogP contribution in [0, 0.1) is 0 Å². The predicted molar refractivity (Wildman–Crippen MR) is 64.1 cm³/mol. The molecule has 0 rings (SSSR count). The van der Waals surface area contributed by atoms with Gasteiger partial charge in [0.15, 0.2) is 0 Å². The standard InChI is InChI=1S/C9H2Cl3F11O4/c10-5(17,3(13,14)1(24)25)8(20,21)7(12,19)9(22,23)6(11,18)4(15,16)2(26)27/h(H,24,25)(H,26,27). The summed E-state index contributed by atoms with van der Waals surface area (Å²) in [5.41, 5.74) is 0. The van der Waals surface area contributed by atoms with E-state index in [-0.39, 0.29) is 0 Å². The van der Waals surface area contributed by atoms with Crippen molar-refractivity contribution < 1.29 is 68.1 Å². The van der Waals surface area contributed by atoms with E-state index in [1.165, 1.54) is 0 Å². The first-order valence-electron chi connectivity index (χ1n) is 5.50. The fraction of sp³-hybridized carbons (Fsp3) is 0.778. The van der Waals surface area contributed by atoms with Crippen LogP contribution in [0.4, 0.5) is 48.3 Å². The third kappa shape index (κ3) is 3.14. The van der Waals surface area contributed by atoms with Crippen LogP contribution < -0.4 is 0 Å². The largest absolute Gasteiger partial charge is 0.477 e. The summed E-state index contributed by atoms with van der Waals surface area (Å²) in [5, 5.41) is -4.65. The molecule has 2 unspecified atom stereocenters. The molecule has 0 fully saturated rings. The Kier molecular flexibility index (Phi) is 6.31. The van der Waals surface area contributed by atoms with Gasteiger partial charge in [0.1, 0.15) is 0 Å². The molecule has 0 aromatic heterocycles. The van der Waals surface area contributed by atoms with Gasteiger partial charge in [-0.1, -0.05) is 34.8 Å². The second kappa shape index (κ2) is 6.54. The van der Waals surface area contributed by atoms with Crippen molar-refractivity contribution in [3.05, 3.63) is 0 Å². The van der Waals surface area contributed by atoms with E-state index < -0.39 is 51.0 Å². The zero-order valence-corrected chi connectivity index (χ0v) is 13.8. The van der Waals surface area contributed by atoms with E-state index in [0.717, 1.165) is 0 Å². The minimum Gasteiger partial charge on any atom is -0.477 e. The first-order valence-corrected chi connectivity index (χ1v) is 6.64. The number of hydrogen-bond acceptors (Lipinski definition) is 2. The number of alkyl halides is 14. The zero-order valence-electron chi connectivity index (χ0n) is 11.5. The maximum Gasteiger partial charge on any atom is 0.395 e. The van der Waals surface area contributed by atoms with Crippen LogP contribution in [0.25, 0.3) is 0 Å². The van der Waals surface area contributed by atoms with Gasteiger partial charge in [-0.25, -0.2) is 22.8 Å². The van der Waals surface area contributed by atoms with Crippen LogP contribution in [0.2, 0.25) is 0 Å². The minimum absolute atomic E-state index is 3.84. The lowest BCUT2D eigenvalue weighted by atomic mass is 9.92. The molecular formula is C9H2Cl3F11O4. The maximum absolute atomic E-state index is 13.8. The van der Waals surface area contributed by atoms with Crippen LogP contribution in [0.5, 0.6) is 0 Å². The Hall–Kier alpha value is -0.960. The lowest BCUT2D eigenvalue weighted by molar-refractivity contribution is -0.311. The molecule has 0 aliphatic carbocycles. The third-order valence-corrected chi connectivity index (χ3v) is 4.33. The summed E-state index contributed by atoms with van der Waals surface area (Å²) in [7, 11) is 0. The highest BCUT2D eigenvalue weighted by Crippen LogP contribution is 2.64. The van der Waals surface area contributed by atoms with Gasteiger partial charge >= 0.3 is 51.0 Å². The van der Waals surface area contributed by atoms with Crippen LogP contribution in [0.1, 0.15) is 0 Å². The fourth-order valence-corrected chi connectivity index (χ4v) is 2.03. The van der Waals surface area contributed by atoms with E-state index in [0.29, 0.717) is 0 Å². The van der Waals surface area contributed by atoms with Gasteiger partial charge in [0.25, 0.3) is 0 Å². The van der Waals surface area contributed by atoms with Gasteiger partial charge in [-0.3, -0.25) is 0 Å². The smallest absolute Gasteiger partial charge is 0.395 e. The highest BCUT2D eigenvalue weighted by Gasteiger charge is 2.91. The molecule has 0 aliphatic heterocycles. The Morgan fingerprint density at radius 1 is 0.519 bits per heavy atom. The first-order chi connectivity index (χ1) is 11.4. The topological polar surface area (TPSA) is 74.6 Å². The van der Waals surface area contributed by atoms with Crippen molar-refractivity contribution >= 4 is 46.7 Å². The van der Waals surface area contributed by atoms with Crippen LogP contribution in [0.15, 0.2) is 0 Å². The maximum atomic E-state index is 13.8. The Labute approximate surface area is 154 Å². The van der Waals surface area contributed by atoms with E-state index in [1.807, 2.05) is 0 Å². The molecule has 0 heterocycles. The molecular weight excluding hydrogens is 487 g/mol. The van der Waals surface area contributed by atoms with E-state index in [4.69, 9.17) is 10.2 Å². The van der Waals surface area contributed by atoms with Gasteiger partial charge in [0.05, 0.1) is 0 Å². The number of carboxylic acid groups (broad SMARTS) is 2. The normalized spacial score (nSPS) is 21.0. The van der Waals surface area contributed by atoms with Crippen molar-refractivity contribution in [2.45, 2.75) is 39.1 Å². The molecule has 0 saturated carbocycles. The molecule has 0 aromatic rings. The highest BCUT2D eigenvalue weighted by atomic mass is 35.5. The Morgan fingerprint density at radius 2 is 0.704 bits per heavy atom. The van der Waals surface area contributed by atoms with Gasteiger partial charge in [-0.15, -0.1) is 0 Å². The average molecular weight is 489 g/mol. The first kappa shape index (κ1) is 26.0. The molecule has 0 spiro atoms. The minimum atomic E-state index is -7.38. The quantitative estimate of drug-likeness (QED) is 0.391. The molecule has 27 heavy (non-hydrogen) atoms. The number of halogens is 14. The van der Waals surface area contributed by atoms with E-state index in [2.05, 4.69) is 34.8 Å². The average Bonchev–Trinajstić information content (AvgIpc) is 2.45. The van der Waals surface area contributed by atoms with E-state index in [1.54, 1.807) is 0 Å². The van der Waals surface area contributed by atoms with Crippen LogP contribution in [-0.2, 0) is 9.59 Å². The number of hydrogen-bond donors (Lipinski definition) is 2. The molecule has 2 atom stereocenters. The molecule has 0 aromatic carbocycles. The van der Waals surface area contributed by atoms with Crippen molar-refractivity contribution in [2.24, 2.45) is 0 Å². The van der Waals surface area contributed by atoms with Crippen molar-refractivity contribution in [3.63, 3.8) is 0 Å². The summed E-state index contributed by atoms with van der Waals surface area (Å²) in [5.74, 6) is -35.8. The van der Waals surface area contributed by atoms with Gasteiger partial charge in [0, 0.05) is 0 Å². The predicted octanol–water partition coefficient (Wildman–Crippen LogP) is 4.41. The van der Waals surface area contributed by atoms with Gasteiger partial charge in [0.2, 0.25) is 0 Å². The van der Waals surface area contributed by atoms with Gasteiger partial charge in [-0.05, 0) is 0 Å².